The highest BCUT2D eigenvalue weighted by Gasteiger charge is 2.14. The van der Waals surface area contributed by atoms with Crippen LogP contribution in [0.5, 0.6) is 0 Å². The molecule has 0 saturated heterocycles. The number of thiazole rings is 1. The van der Waals surface area contributed by atoms with Crippen molar-refractivity contribution in [1.29, 1.82) is 0 Å². The Balaban J connectivity index is 1.82. The molecule has 4 nitrogen and oxygen atoms in total. The van der Waals surface area contributed by atoms with Crippen LogP contribution in [0.4, 0.5) is 5.13 Å². The first-order chi connectivity index (χ1) is 11.2. The van der Waals surface area contributed by atoms with Gasteiger partial charge < -0.3 is 0 Å². The van der Waals surface area contributed by atoms with Crippen molar-refractivity contribution in [2.45, 2.75) is 5.03 Å². The number of pyridine rings is 1. The predicted molar refractivity (Wildman–Crippen MR) is 96.5 cm³/mol. The van der Waals surface area contributed by atoms with Crippen LogP contribution in [0, 0.1) is 0 Å². The van der Waals surface area contributed by atoms with E-state index >= 15 is 0 Å². The van der Waals surface area contributed by atoms with E-state index in [2.05, 4.69) is 15.3 Å². The molecule has 7 heteroatoms. The molecule has 2 aromatic heterocycles. The Morgan fingerprint density at radius 3 is 2.87 bits per heavy atom. The Bertz CT molecular complexity index is 851. The highest BCUT2D eigenvalue weighted by molar-refractivity contribution is 7.98. The molecule has 23 heavy (non-hydrogen) atoms. The van der Waals surface area contributed by atoms with Gasteiger partial charge in [-0.2, -0.15) is 0 Å². The van der Waals surface area contributed by atoms with Crippen molar-refractivity contribution in [3.05, 3.63) is 58.6 Å². The molecular weight excluding hydrogens is 350 g/mol. The highest BCUT2D eigenvalue weighted by Crippen LogP contribution is 2.30. The lowest BCUT2D eigenvalue weighted by Crippen LogP contribution is -2.13. The summed E-state index contributed by atoms with van der Waals surface area (Å²) in [6.45, 7) is 0. The van der Waals surface area contributed by atoms with Crippen LogP contribution in [0.1, 0.15) is 10.4 Å². The summed E-state index contributed by atoms with van der Waals surface area (Å²) in [7, 11) is 0. The molecule has 0 saturated carbocycles. The lowest BCUT2D eigenvalue weighted by Gasteiger charge is -2.05. The third kappa shape index (κ3) is 3.55. The zero-order valence-corrected chi connectivity index (χ0v) is 14.5. The standard InChI is InChI=1S/C16H12ClN3OS2/c1-22-15-11(6-4-8-18-15)14(21)20-16-19-13(9-23-16)10-5-2-3-7-12(10)17/h2-9H,1H3,(H,19,20,21). The van der Waals surface area contributed by atoms with E-state index in [9.17, 15) is 4.79 Å². The van der Waals surface area contributed by atoms with Gasteiger partial charge in [0.05, 0.1) is 11.3 Å². The van der Waals surface area contributed by atoms with Gasteiger partial charge in [0.15, 0.2) is 5.13 Å². The van der Waals surface area contributed by atoms with Crippen LogP contribution in [-0.4, -0.2) is 22.1 Å². The number of hydrogen-bond donors (Lipinski definition) is 1. The molecule has 0 aliphatic rings. The van der Waals surface area contributed by atoms with E-state index in [1.165, 1.54) is 23.1 Å². The van der Waals surface area contributed by atoms with Gasteiger partial charge >= 0.3 is 0 Å². The fourth-order valence-electron chi connectivity index (χ4n) is 2.01. The average Bonchev–Trinajstić information content (AvgIpc) is 3.03. The van der Waals surface area contributed by atoms with E-state index < -0.39 is 0 Å². The van der Waals surface area contributed by atoms with Gasteiger partial charge in [0.2, 0.25) is 0 Å². The van der Waals surface area contributed by atoms with Crippen LogP contribution in [0.3, 0.4) is 0 Å². The second kappa shape index (κ2) is 7.12. The normalized spacial score (nSPS) is 10.5. The quantitative estimate of drug-likeness (QED) is 0.676. The smallest absolute Gasteiger partial charge is 0.260 e. The van der Waals surface area contributed by atoms with E-state index in [-0.39, 0.29) is 5.91 Å². The maximum atomic E-state index is 12.4. The maximum Gasteiger partial charge on any atom is 0.260 e. The molecule has 3 aromatic rings. The number of nitrogens with one attached hydrogen (secondary N) is 1. The molecule has 1 amide bonds. The zero-order chi connectivity index (χ0) is 16.2. The lowest BCUT2D eigenvalue weighted by molar-refractivity contribution is 0.102. The van der Waals surface area contributed by atoms with E-state index in [1.54, 1.807) is 18.3 Å². The van der Waals surface area contributed by atoms with Crippen LogP contribution in [0.2, 0.25) is 5.02 Å². The number of hydrogen-bond acceptors (Lipinski definition) is 5. The third-order valence-corrected chi connectivity index (χ3v) is 4.88. The Morgan fingerprint density at radius 1 is 1.26 bits per heavy atom. The molecule has 0 radical (unpaired) electrons. The van der Waals surface area contributed by atoms with Gasteiger partial charge in [0.25, 0.3) is 5.91 Å². The maximum absolute atomic E-state index is 12.4. The number of thioether (sulfide) groups is 1. The molecular formula is C16H12ClN3OS2. The summed E-state index contributed by atoms with van der Waals surface area (Å²) < 4.78 is 0. The van der Waals surface area contributed by atoms with Gasteiger partial charge in [-0.1, -0.05) is 29.8 Å². The van der Waals surface area contributed by atoms with Gasteiger partial charge in [-0.25, -0.2) is 9.97 Å². The van der Waals surface area contributed by atoms with Crippen LogP contribution in [0.25, 0.3) is 11.3 Å². The Hall–Kier alpha value is -1.89. The van der Waals surface area contributed by atoms with E-state index in [1.807, 2.05) is 35.9 Å². The summed E-state index contributed by atoms with van der Waals surface area (Å²) in [6.07, 6.45) is 3.56. The molecule has 0 spiro atoms. The monoisotopic (exact) mass is 361 g/mol. The number of carbonyl (C=O) groups excluding carboxylic acids is 1. The lowest BCUT2D eigenvalue weighted by atomic mass is 10.2. The number of amides is 1. The fraction of sp³-hybridized carbons (Fsp3) is 0.0625. The summed E-state index contributed by atoms with van der Waals surface area (Å²) in [5.41, 5.74) is 2.12. The largest absolute Gasteiger partial charge is 0.298 e. The minimum Gasteiger partial charge on any atom is -0.298 e. The number of nitrogens with zero attached hydrogens (tertiary/aromatic N) is 2. The Morgan fingerprint density at radius 2 is 2.09 bits per heavy atom. The average molecular weight is 362 g/mol. The number of aromatic nitrogens is 2. The third-order valence-electron chi connectivity index (χ3n) is 3.08. The summed E-state index contributed by atoms with van der Waals surface area (Å²) >= 11 is 8.97. The van der Waals surface area contributed by atoms with Crippen LogP contribution in [0.15, 0.2) is 53.0 Å². The SMILES string of the molecule is CSc1ncccc1C(=O)Nc1nc(-c2ccccc2Cl)cs1. The minimum atomic E-state index is -0.220. The van der Waals surface area contributed by atoms with Gasteiger partial charge in [0.1, 0.15) is 5.03 Å². The summed E-state index contributed by atoms with van der Waals surface area (Å²) in [4.78, 5) is 21.0. The molecule has 0 unspecified atom stereocenters. The molecule has 0 fully saturated rings. The summed E-state index contributed by atoms with van der Waals surface area (Å²) in [5.74, 6) is -0.220. The summed E-state index contributed by atoms with van der Waals surface area (Å²) in [6, 6.07) is 11.0. The topological polar surface area (TPSA) is 54.9 Å². The van der Waals surface area contributed by atoms with Crippen molar-refractivity contribution in [2.24, 2.45) is 0 Å². The molecule has 0 bridgehead atoms. The first-order valence-electron chi connectivity index (χ1n) is 6.70. The van der Waals surface area contributed by atoms with E-state index in [0.717, 1.165) is 11.3 Å². The first kappa shape index (κ1) is 16.0. The number of carbonyl (C=O) groups is 1. The van der Waals surface area contributed by atoms with E-state index in [0.29, 0.717) is 20.7 Å². The second-order valence-corrected chi connectivity index (χ2v) is 6.59. The van der Waals surface area contributed by atoms with Crippen molar-refractivity contribution in [3.8, 4) is 11.3 Å². The van der Waals surface area contributed by atoms with Crippen LogP contribution in [-0.2, 0) is 0 Å². The fourth-order valence-corrected chi connectivity index (χ4v) is 3.50. The van der Waals surface area contributed by atoms with Crippen molar-refractivity contribution in [2.75, 3.05) is 11.6 Å². The minimum absolute atomic E-state index is 0.220. The molecule has 0 aliphatic carbocycles. The summed E-state index contributed by atoms with van der Waals surface area (Å²) in [5, 5.41) is 6.53. The molecule has 0 atom stereocenters. The Labute approximate surface area is 146 Å². The second-order valence-electron chi connectivity index (χ2n) is 4.53. The van der Waals surface area contributed by atoms with Gasteiger partial charge in [-0.05, 0) is 24.5 Å². The van der Waals surface area contributed by atoms with Crippen LogP contribution < -0.4 is 5.32 Å². The molecule has 1 N–H and O–H groups in total. The first-order valence-corrected chi connectivity index (χ1v) is 9.18. The van der Waals surface area contributed by atoms with Crippen LogP contribution >= 0.6 is 34.7 Å². The van der Waals surface area contributed by atoms with Gasteiger partial charge in [-0.15, -0.1) is 23.1 Å². The van der Waals surface area contributed by atoms with E-state index in [4.69, 9.17) is 11.6 Å². The molecule has 0 aliphatic heterocycles. The number of benzene rings is 1. The van der Waals surface area contributed by atoms with Crippen molar-refractivity contribution in [1.82, 2.24) is 9.97 Å². The van der Waals surface area contributed by atoms with Gasteiger partial charge in [-0.3, -0.25) is 10.1 Å². The number of anilines is 1. The zero-order valence-electron chi connectivity index (χ0n) is 12.1. The number of rotatable bonds is 4. The Kier molecular flexibility index (Phi) is 4.95. The highest BCUT2D eigenvalue weighted by atomic mass is 35.5. The molecule has 3 rings (SSSR count). The molecule has 2 heterocycles. The van der Waals surface area contributed by atoms with Crippen molar-refractivity contribution in [3.63, 3.8) is 0 Å². The van der Waals surface area contributed by atoms with Crippen molar-refractivity contribution < 1.29 is 4.79 Å². The van der Waals surface area contributed by atoms with Gasteiger partial charge in [0, 0.05) is 22.2 Å². The molecule has 116 valence electrons. The van der Waals surface area contributed by atoms with Crippen molar-refractivity contribution >= 4 is 45.7 Å². The molecule has 1 aromatic carbocycles. The number of halogens is 1. The predicted octanol–water partition coefficient (Wildman–Crippen LogP) is 4.83.